The van der Waals surface area contributed by atoms with Crippen molar-refractivity contribution in [3.8, 4) is 5.69 Å². The van der Waals surface area contributed by atoms with E-state index in [1.54, 1.807) is 10.9 Å². The summed E-state index contributed by atoms with van der Waals surface area (Å²) in [5, 5.41) is 12.4. The number of benzene rings is 2. The quantitative estimate of drug-likeness (QED) is 0.550. The van der Waals surface area contributed by atoms with Gasteiger partial charge in [0, 0.05) is 11.1 Å². The molecule has 7 heteroatoms. The number of hydrogen-bond donors (Lipinski definition) is 1. The van der Waals surface area contributed by atoms with Crippen LogP contribution < -0.4 is 10.9 Å². The van der Waals surface area contributed by atoms with Gasteiger partial charge in [-0.2, -0.15) is 10.2 Å². The van der Waals surface area contributed by atoms with Crippen molar-refractivity contribution in [2.45, 2.75) is 41.2 Å². The molecule has 31 heavy (non-hydrogen) atoms. The van der Waals surface area contributed by atoms with Gasteiger partial charge in [0.05, 0.1) is 17.6 Å². The zero-order chi connectivity index (χ0) is 22.3. The largest absolute Gasteiger partial charge is 0.324 e. The number of carbonyl (C=O) groups excluding carboxylic acids is 1. The minimum atomic E-state index is -0.353. The third-order valence-electron chi connectivity index (χ3n) is 5.41. The molecule has 4 rings (SSSR count). The Labute approximate surface area is 180 Å². The lowest BCUT2D eigenvalue weighted by Crippen LogP contribution is -2.31. The predicted molar refractivity (Wildman–Crippen MR) is 122 cm³/mol. The lowest BCUT2D eigenvalue weighted by molar-refractivity contribution is -0.117. The molecule has 1 amide bonds. The van der Waals surface area contributed by atoms with Crippen LogP contribution in [0.1, 0.15) is 27.9 Å². The van der Waals surface area contributed by atoms with E-state index >= 15 is 0 Å². The van der Waals surface area contributed by atoms with E-state index in [2.05, 4.69) is 15.5 Å². The standard InChI is InChI=1S/C24H25N5O2/c1-14-7-9-21(17(4)10-14)29-23-19(12-25-29)18(5)27-28(24(23)31)13-22(30)26-20-11-15(2)6-8-16(20)3/h6-12H,13H2,1-5H3,(H,26,30). The van der Waals surface area contributed by atoms with Crippen molar-refractivity contribution in [3.63, 3.8) is 0 Å². The molecule has 7 nitrogen and oxygen atoms in total. The maximum Gasteiger partial charge on any atom is 0.293 e. The fraction of sp³-hybridized carbons (Fsp3) is 0.250. The number of amides is 1. The van der Waals surface area contributed by atoms with E-state index in [0.29, 0.717) is 16.6 Å². The number of nitrogens with zero attached hydrogens (tertiary/aromatic N) is 4. The van der Waals surface area contributed by atoms with Crippen LogP contribution in [0.25, 0.3) is 16.6 Å². The van der Waals surface area contributed by atoms with Gasteiger partial charge in [0.25, 0.3) is 5.56 Å². The summed E-state index contributed by atoms with van der Waals surface area (Å²) in [7, 11) is 0. The highest BCUT2D eigenvalue weighted by Crippen LogP contribution is 2.21. The van der Waals surface area contributed by atoms with Gasteiger partial charge in [-0.3, -0.25) is 9.59 Å². The first kappa shape index (κ1) is 20.5. The van der Waals surface area contributed by atoms with Crippen molar-refractivity contribution in [2.75, 3.05) is 5.32 Å². The molecule has 0 bridgehead atoms. The van der Waals surface area contributed by atoms with Crippen molar-refractivity contribution in [3.05, 3.63) is 80.9 Å². The molecule has 2 aromatic heterocycles. The lowest BCUT2D eigenvalue weighted by Gasteiger charge is -2.12. The van der Waals surface area contributed by atoms with Crippen molar-refractivity contribution >= 4 is 22.5 Å². The first-order valence-corrected chi connectivity index (χ1v) is 10.1. The number of hydrogen-bond acceptors (Lipinski definition) is 4. The molecule has 0 unspecified atom stereocenters. The van der Waals surface area contributed by atoms with E-state index in [9.17, 15) is 9.59 Å². The van der Waals surface area contributed by atoms with E-state index in [1.807, 2.05) is 71.0 Å². The summed E-state index contributed by atoms with van der Waals surface area (Å²) in [4.78, 5) is 26.0. The van der Waals surface area contributed by atoms with Crippen molar-refractivity contribution in [1.29, 1.82) is 0 Å². The van der Waals surface area contributed by atoms with Crippen LogP contribution in [0, 0.1) is 34.6 Å². The summed E-state index contributed by atoms with van der Waals surface area (Å²) < 4.78 is 2.85. The number of rotatable bonds is 4. The highest BCUT2D eigenvalue weighted by Gasteiger charge is 2.18. The monoisotopic (exact) mass is 415 g/mol. The molecular weight excluding hydrogens is 390 g/mol. The summed E-state index contributed by atoms with van der Waals surface area (Å²) in [6, 6.07) is 11.8. The topological polar surface area (TPSA) is 81.8 Å². The molecule has 0 saturated carbocycles. The van der Waals surface area contributed by atoms with E-state index < -0.39 is 0 Å². The molecular formula is C24H25N5O2. The van der Waals surface area contributed by atoms with Crippen LogP contribution in [0.15, 0.2) is 47.4 Å². The average molecular weight is 415 g/mol. The van der Waals surface area contributed by atoms with Crippen LogP contribution in [0.4, 0.5) is 5.69 Å². The van der Waals surface area contributed by atoms with Gasteiger partial charge < -0.3 is 5.32 Å². The van der Waals surface area contributed by atoms with E-state index in [4.69, 9.17) is 0 Å². The van der Waals surface area contributed by atoms with E-state index in [0.717, 1.165) is 33.6 Å². The van der Waals surface area contributed by atoms with Crippen LogP contribution >= 0.6 is 0 Å². The number of fused-ring (bicyclic) bond motifs is 1. The van der Waals surface area contributed by atoms with E-state index in [1.165, 1.54) is 4.68 Å². The zero-order valence-electron chi connectivity index (χ0n) is 18.4. The molecule has 0 aliphatic heterocycles. The van der Waals surface area contributed by atoms with Gasteiger partial charge in [0.15, 0.2) is 0 Å². The van der Waals surface area contributed by atoms with E-state index in [-0.39, 0.29) is 18.0 Å². The smallest absolute Gasteiger partial charge is 0.293 e. The molecule has 158 valence electrons. The van der Waals surface area contributed by atoms with Crippen LogP contribution in [0.2, 0.25) is 0 Å². The number of carbonyl (C=O) groups is 1. The second-order valence-corrected chi connectivity index (χ2v) is 8.02. The number of nitrogens with one attached hydrogen (secondary N) is 1. The fourth-order valence-electron chi connectivity index (χ4n) is 3.75. The molecule has 0 saturated heterocycles. The Kier molecular flexibility index (Phi) is 5.19. The van der Waals surface area contributed by atoms with Crippen LogP contribution in [-0.2, 0) is 11.3 Å². The first-order valence-electron chi connectivity index (χ1n) is 10.1. The summed E-state index contributed by atoms with van der Waals surface area (Å²) >= 11 is 0. The van der Waals surface area contributed by atoms with Crippen LogP contribution in [0.5, 0.6) is 0 Å². The third kappa shape index (κ3) is 3.86. The van der Waals surface area contributed by atoms with Gasteiger partial charge in [-0.1, -0.05) is 29.8 Å². The zero-order valence-corrected chi connectivity index (χ0v) is 18.4. The highest BCUT2D eigenvalue weighted by atomic mass is 16.2. The lowest BCUT2D eigenvalue weighted by atomic mass is 10.1. The Morgan fingerprint density at radius 1 is 0.968 bits per heavy atom. The fourth-order valence-corrected chi connectivity index (χ4v) is 3.75. The van der Waals surface area contributed by atoms with Crippen molar-refractivity contribution in [1.82, 2.24) is 19.6 Å². The Morgan fingerprint density at radius 2 is 1.68 bits per heavy atom. The van der Waals surface area contributed by atoms with Gasteiger partial charge in [-0.05, 0) is 63.4 Å². The molecule has 2 heterocycles. The molecule has 0 aliphatic rings. The second-order valence-electron chi connectivity index (χ2n) is 8.02. The Hall–Kier alpha value is -3.74. The summed E-state index contributed by atoms with van der Waals surface area (Å²) in [5.41, 5.74) is 6.42. The van der Waals surface area contributed by atoms with Crippen molar-refractivity contribution < 1.29 is 4.79 Å². The normalized spacial score (nSPS) is 11.1. The Morgan fingerprint density at radius 3 is 2.42 bits per heavy atom. The predicted octanol–water partition coefficient (Wildman–Crippen LogP) is 3.76. The third-order valence-corrected chi connectivity index (χ3v) is 5.41. The van der Waals surface area contributed by atoms with Gasteiger partial charge in [-0.15, -0.1) is 0 Å². The maximum absolute atomic E-state index is 13.3. The second kappa shape index (κ2) is 7.83. The molecule has 2 aromatic carbocycles. The van der Waals surface area contributed by atoms with Crippen LogP contribution in [-0.4, -0.2) is 25.5 Å². The van der Waals surface area contributed by atoms with Gasteiger partial charge >= 0.3 is 0 Å². The molecule has 0 atom stereocenters. The molecule has 0 aliphatic carbocycles. The molecule has 0 radical (unpaired) electrons. The van der Waals surface area contributed by atoms with Crippen molar-refractivity contribution in [2.24, 2.45) is 0 Å². The Balaban J connectivity index is 1.74. The number of anilines is 1. The summed E-state index contributed by atoms with van der Waals surface area (Å²) in [5.74, 6) is -0.306. The van der Waals surface area contributed by atoms with Gasteiger partial charge in [-0.25, -0.2) is 9.36 Å². The molecule has 4 aromatic rings. The SMILES string of the molecule is Cc1ccc(-n2ncc3c(C)nn(CC(=O)Nc4cc(C)ccc4C)c(=O)c32)c(C)c1. The minimum absolute atomic E-state index is 0.180. The number of aryl methyl sites for hydroxylation is 5. The molecule has 0 spiro atoms. The van der Waals surface area contributed by atoms with Gasteiger partial charge in [0.1, 0.15) is 12.1 Å². The Bertz CT molecular complexity index is 1380. The first-order chi connectivity index (χ1) is 14.7. The maximum atomic E-state index is 13.3. The highest BCUT2D eigenvalue weighted by molar-refractivity contribution is 5.91. The van der Waals surface area contributed by atoms with Crippen LogP contribution in [0.3, 0.4) is 0 Å². The number of aromatic nitrogens is 4. The van der Waals surface area contributed by atoms with Gasteiger partial charge in [0.2, 0.25) is 5.91 Å². The summed E-state index contributed by atoms with van der Waals surface area (Å²) in [6.45, 7) is 9.54. The molecule has 1 N–H and O–H groups in total. The summed E-state index contributed by atoms with van der Waals surface area (Å²) in [6.07, 6.45) is 1.65. The minimum Gasteiger partial charge on any atom is -0.324 e. The average Bonchev–Trinajstić information content (AvgIpc) is 3.14. The molecule has 0 fully saturated rings.